The van der Waals surface area contributed by atoms with E-state index in [0.717, 1.165) is 69.0 Å². The normalized spacial score (nSPS) is 21.4. The molecule has 0 bridgehead atoms. The molecule has 1 heterocycles. The van der Waals surface area contributed by atoms with E-state index in [1.807, 2.05) is 43.3 Å². The minimum Gasteiger partial charge on any atom is -0.462 e. The van der Waals surface area contributed by atoms with Crippen molar-refractivity contribution in [2.75, 3.05) is 44.2 Å². The van der Waals surface area contributed by atoms with Crippen LogP contribution in [0.5, 0.6) is 0 Å². The third kappa shape index (κ3) is 5.70. The van der Waals surface area contributed by atoms with Crippen LogP contribution in [0.4, 0.5) is 5.69 Å². The molecule has 0 saturated carbocycles. The van der Waals surface area contributed by atoms with Crippen LogP contribution in [0.2, 0.25) is 5.02 Å². The van der Waals surface area contributed by atoms with Gasteiger partial charge in [-0.3, -0.25) is 4.90 Å². The minimum atomic E-state index is -0.284. The number of hydrogen-bond acceptors (Lipinski definition) is 5. The molecule has 1 aliphatic carbocycles. The molecule has 0 unspecified atom stereocenters. The highest BCUT2D eigenvalue weighted by atomic mass is 35.5. The van der Waals surface area contributed by atoms with E-state index < -0.39 is 0 Å². The van der Waals surface area contributed by atoms with E-state index >= 15 is 0 Å². The van der Waals surface area contributed by atoms with Gasteiger partial charge in [0.2, 0.25) is 0 Å². The number of nitrogens with zero attached hydrogens (tertiary/aromatic N) is 2. The monoisotopic (exact) mass is 480 g/mol. The fourth-order valence-electron chi connectivity index (χ4n) is 4.98. The number of carbonyl (C=O) groups excluding carboxylic acids is 2. The van der Waals surface area contributed by atoms with E-state index in [1.165, 1.54) is 16.7 Å². The van der Waals surface area contributed by atoms with Gasteiger partial charge >= 0.3 is 5.97 Å². The molecule has 1 fully saturated rings. The summed E-state index contributed by atoms with van der Waals surface area (Å²) in [7, 11) is 0. The zero-order valence-electron chi connectivity index (χ0n) is 20.1. The Kier molecular flexibility index (Phi) is 7.74. The van der Waals surface area contributed by atoms with Crippen LogP contribution in [0, 0.1) is 5.41 Å². The molecule has 1 atom stereocenters. The Hall–Kier alpha value is -2.63. The van der Waals surface area contributed by atoms with Crippen LogP contribution in [-0.2, 0) is 9.53 Å². The summed E-state index contributed by atoms with van der Waals surface area (Å²) >= 11 is 6.11. The lowest BCUT2D eigenvalue weighted by Crippen LogP contribution is -2.47. The number of halogens is 1. The number of aldehydes is 1. The molecule has 180 valence electrons. The van der Waals surface area contributed by atoms with Gasteiger partial charge in [-0.25, -0.2) is 4.79 Å². The fourth-order valence-corrected chi connectivity index (χ4v) is 5.10. The first-order valence-corrected chi connectivity index (χ1v) is 12.5. The zero-order valence-corrected chi connectivity index (χ0v) is 20.8. The van der Waals surface area contributed by atoms with Crippen molar-refractivity contribution in [2.24, 2.45) is 5.41 Å². The maximum atomic E-state index is 11.9. The highest BCUT2D eigenvalue weighted by Gasteiger charge is 2.32. The number of piperazine rings is 1. The first-order valence-electron chi connectivity index (χ1n) is 12.1. The largest absolute Gasteiger partial charge is 0.462 e. The predicted octanol–water partition coefficient (Wildman–Crippen LogP) is 5.48. The Labute approximate surface area is 207 Å². The second-order valence-corrected chi connectivity index (χ2v) is 10.0. The maximum Gasteiger partial charge on any atom is 0.338 e. The van der Waals surface area contributed by atoms with E-state index in [9.17, 15) is 9.59 Å². The number of carbonyl (C=O) groups is 2. The van der Waals surface area contributed by atoms with Gasteiger partial charge < -0.3 is 14.4 Å². The van der Waals surface area contributed by atoms with E-state index in [4.69, 9.17) is 16.3 Å². The Morgan fingerprint density at radius 3 is 2.35 bits per heavy atom. The van der Waals surface area contributed by atoms with Crippen molar-refractivity contribution in [3.63, 3.8) is 0 Å². The smallest absolute Gasteiger partial charge is 0.338 e. The van der Waals surface area contributed by atoms with Gasteiger partial charge in [-0.1, -0.05) is 36.2 Å². The van der Waals surface area contributed by atoms with Crippen LogP contribution in [-0.4, -0.2) is 56.5 Å². The molecular weight excluding hydrogens is 448 g/mol. The molecule has 2 aromatic carbocycles. The average Bonchev–Trinajstić information content (AvgIpc) is 2.86. The molecule has 34 heavy (non-hydrogen) atoms. The van der Waals surface area contributed by atoms with E-state index in [0.29, 0.717) is 12.2 Å². The molecule has 2 aliphatic rings. The SMILES string of the molecule is CCOC(=O)c1ccc(N2CCN(CC3=C(c4ccc(Cl)cc4)CC[C@@](C)(C=O)C3)CC2)cc1. The van der Waals surface area contributed by atoms with Crippen LogP contribution in [0.25, 0.3) is 5.57 Å². The summed E-state index contributed by atoms with van der Waals surface area (Å²) < 4.78 is 5.08. The Morgan fingerprint density at radius 1 is 1.06 bits per heavy atom. The number of allylic oxidation sites excluding steroid dienone is 1. The molecule has 0 radical (unpaired) electrons. The van der Waals surface area contributed by atoms with Crippen molar-refractivity contribution >= 4 is 35.1 Å². The van der Waals surface area contributed by atoms with E-state index in [2.05, 4.69) is 28.9 Å². The Morgan fingerprint density at radius 2 is 1.74 bits per heavy atom. The maximum absolute atomic E-state index is 11.9. The van der Waals surface area contributed by atoms with Crippen LogP contribution in [0.3, 0.4) is 0 Å². The van der Waals surface area contributed by atoms with Crippen LogP contribution < -0.4 is 4.90 Å². The van der Waals surface area contributed by atoms with Gasteiger partial charge in [0.25, 0.3) is 0 Å². The third-order valence-corrected chi connectivity index (χ3v) is 7.25. The summed E-state index contributed by atoms with van der Waals surface area (Å²) in [4.78, 5) is 28.6. The number of hydrogen-bond donors (Lipinski definition) is 0. The van der Waals surface area contributed by atoms with Gasteiger partial charge in [-0.05, 0) is 73.7 Å². The van der Waals surface area contributed by atoms with E-state index in [-0.39, 0.29) is 11.4 Å². The molecule has 1 saturated heterocycles. The molecule has 6 heteroatoms. The second kappa shape index (κ2) is 10.7. The highest BCUT2D eigenvalue weighted by molar-refractivity contribution is 6.30. The Bertz CT molecular complexity index is 1040. The summed E-state index contributed by atoms with van der Waals surface area (Å²) in [6.07, 6.45) is 3.75. The quantitative estimate of drug-likeness (QED) is 0.388. The van der Waals surface area contributed by atoms with Crippen LogP contribution in [0.1, 0.15) is 49.0 Å². The summed E-state index contributed by atoms with van der Waals surface area (Å²) in [5.41, 5.74) is 5.38. The number of rotatable bonds is 7. The number of ether oxygens (including phenoxy) is 1. The third-order valence-electron chi connectivity index (χ3n) is 7.00. The molecular formula is C28H33ClN2O3. The van der Waals surface area contributed by atoms with Crippen molar-refractivity contribution < 1.29 is 14.3 Å². The minimum absolute atomic E-state index is 0.279. The summed E-state index contributed by atoms with van der Waals surface area (Å²) in [5, 5.41) is 0.742. The van der Waals surface area contributed by atoms with Crippen LogP contribution in [0.15, 0.2) is 54.1 Å². The lowest BCUT2D eigenvalue weighted by molar-refractivity contribution is -0.115. The summed E-state index contributed by atoms with van der Waals surface area (Å²) in [6, 6.07) is 15.8. The second-order valence-electron chi connectivity index (χ2n) is 9.57. The first-order chi connectivity index (χ1) is 16.4. The molecule has 0 N–H and O–H groups in total. The molecule has 1 aliphatic heterocycles. The molecule has 0 amide bonds. The Balaban J connectivity index is 1.43. The van der Waals surface area contributed by atoms with Gasteiger partial charge in [0.15, 0.2) is 0 Å². The van der Waals surface area contributed by atoms with E-state index in [1.54, 1.807) is 0 Å². The van der Waals surface area contributed by atoms with Gasteiger partial charge in [0.1, 0.15) is 6.29 Å². The van der Waals surface area contributed by atoms with Crippen molar-refractivity contribution in [3.05, 3.63) is 70.3 Å². The molecule has 4 rings (SSSR count). The molecule has 5 nitrogen and oxygen atoms in total. The van der Waals surface area contributed by atoms with Gasteiger partial charge in [0, 0.05) is 48.8 Å². The van der Waals surface area contributed by atoms with Gasteiger partial charge in [0.05, 0.1) is 12.2 Å². The topological polar surface area (TPSA) is 49.9 Å². The number of anilines is 1. The highest BCUT2D eigenvalue weighted by Crippen LogP contribution is 2.42. The van der Waals surface area contributed by atoms with Crippen molar-refractivity contribution in [3.8, 4) is 0 Å². The summed E-state index contributed by atoms with van der Waals surface area (Å²) in [5.74, 6) is -0.279. The molecule has 0 aromatic heterocycles. The lowest BCUT2D eigenvalue weighted by atomic mass is 9.72. The van der Waals surface area contributed by atoms with Crippen molar-refractivity contribution in [1.82, 2.24) is 4.90 Å². The zero-order chi connectivity index (χ0) is 24.1. The van der Waals surface area contributed by atoms with Crippen molar-refractivity contribution in [2.45, 2.75) is 33.1 Å². The predicted molar refractivity (Wildman–Crippen MR) is 137 cm³/mol. The van der Waals surface area contributed by atoms with Gasteiger partial charge in [-0.2, -0.15) is 0 Å². The van der Waals surface area contributed by atoms with Crippen LogP contribution >= 0.6 is 11.6 Å². The summed E-state index contributed by atoms with van der Waals surface area (Å²) in [6.45, 7) is 8.91. The van der Waals surface area contributed by atoms with Gasteiger partial charge in [-0.15, -0.1) is 0 Å². The fraction of sp³-hybridized carbons (Fsp3) is 0.429. The first kappa shape index (κ1) is 24.5. The molecule has 2 aromatic rings. The lowest BCUT2D eigenvalue weighted by Gasteiger charge is -2.39. The number of benzene rings is 2. The standard InChI is InChI=1S/C28H33ClN2O3/c1-3-34-27(33)22-6-10-25(11-7-22)31-16-14-30(15-17-31)19-23-18-28(2,20-32)13-12-26(23)21-4-8-24(29)9-5-21/h4-11,20H,3,12-19H2,1-2H3/t28-/m1/s1. The molecule has 0 spiro atoms. The van der Waals surface area contributed by atoms with Crippen molar-refractivity contribution in [1.29, 1.82) is 0 Å². The number of esters is 1. The average molecular weight is 481 g/mol.